The highest BCUT2D eigenvalue weighted by Crippen LogP contribution is 2.44. The van der Waals surface area contributed by atoms with Crippen LogP contribution in [0.15, 0.2) is 223 Å². The Labute approximate surface area is 341 Å². The molecule has 0 atom stereocenters. The first-order chi connectivity index (χ1) is 29.3. The van der Waals surface area contributed by atoms with Crippen LogP contribution in [0, 0.1) is 0 Å². The topological polar surface area (TPSA) is 21.3 Å². The Balaban J connectivity index is 1.08. The molecule has 2 aromatic heterocycles. The lowest BCUT2D eigenvalue weighted by Crippen LogP contribution is -2.10. The molecule has 0 N–H and O–H groups in total. The Morgan fingerprint density at radius 2 is 0.881 bits per heavy atom. The molecule has 0 amide bonds. The van der Waals surface area contributed by atoms with Gasteiger partial charge < -0.3 is 13.9 Å². The predicted molar refractivity (Wildman–Crippen MR) is 249 cm³/mol. The van der Waals surface area contributed by atoms with E-state index < -0.39 is 0 Å². The molecule has 0 fully saturated rings. The molecular formula is C56H36N2O. The average Bonchev–Trinajstić information content (AvgIpc) is 3.85. The molecule has 12 rings (SSSR count). The average molecular weight is 753 g/mol. The number of nitrogens with zero attached hydrogens (tertiary/aromatic N) is 2. The van der Waals surface area contributed by atoms with Gasteiger partial charge in [-0.2, -0.15) is 0 Å². The van der Waals surface area contributed by atoms with E-state index in [2.05, 4.69) is 228 Å². The van der Waals surface area contributed by atoms with E-state index in [1.54, 1.807) is 0 Å². The van der Waals surface area contributed by atoms with Crippen LogP contribution in [0.1, 0.15) is 0 Å². The summed E-state index contributed by atoms with van der Waals surface area (Å²) < 4.78 is 9.36. The first-order valence-electron chi connectivity index (χ1n) is 20.2. The van der Waals surface area contributed by atoms with Crippen LogP contribution in [0.2, 0.25) is 0 Å². The van der Waals surface area contributed by atoms with Crippen molar-refractivity contribution in [2.75, 3.05) is 4.90 Å². The summed E-state index contributed by atoms with van der Waals surface area (Å²) in [6.07, 6.45) is 0. The van der Waals surface area contributed by atoms with Gasteiger partial charge in [0.05, 0.1) is 16.7 Å². The molecule has 10 aromatic carbocycles. The molecule has 12 aromatic rings. The van der Waals surface area contributed by atoms with Gasteiger partial charge in [0.15, 0.2) is 5.58 Å². The van der Waals surface area contributed by atoms with Gasteiger partial charge in [-0.1, -0.05) is 158 Å². The SMILES string of the molecule is c1ccc(-c2ccc(N(c3ccc4c(ccc5ccccc54)c3)c3ccc4c(c3)oc3c(-n5c6ccccc6c6ccccc65)cccc34)cc2-c2ccccc2)cc1. The number of fused-ring (bicyclic) bond motifs is 9. The minimum atomic E-state index is 0.840. The normalized spacial score (nSPS) is 11.7. The number of rotatable bonds is 6. The Morgan fingerprint density at radius 1 is 0.339 bits per heavy atom. The minimum Gasteiger partial charge on any atom is -0.454 e. The zero-order valence-corrected chi connectivity index (χ0v) is 32.1. The Bertz CT molecular complexity index is 3510. The number of furan rings is 1. The number of hydrogen-bond acceptors (Lipinski definition) is 2. The van der Waals surface area contributed by atoms with Crippen LogP contribution in [0.3, 0.4) is 0 Å². The lowest BCUT2D eigenvalue weighted by Gasteiger charge is -2.27. The second-order valence-corrected chi connectivity index (χ2v) is 15.3. The summed E-state index contributed by atoms with van der Waals surface area (Å²) in [5.41, 5.74) is 12.9. The lowest BCUT2D eigenvalue weighted by molar-refractivity contribution is 0.666. The van der Waals surface area contributed by atoms with Gasteiger partial charge in [-0.25, -0.2) is 0 Å². The summed E-state index contributed by atoms with van der Waals surface area (Å²) >= 11 is 0. The largest absolute Gasteiger partial charge is 0.454 e. The summed E-state index contributed by atoms with van der Waals surface area (Å²) in [6.45, 7) is 0. The standard InChI is InChI=1S/C56H36N2O/c1-3-14-37(15-4-1)45-31-29-42(35-51(45)38-16-5-2-6-17-38)57(41-28-32-46-40(34-41)27-26-39-18-7-8-19-44(39)46)43-30-33-49-50-22-13-25-54(56(50)59-55(49)36-43)58-52-23-11-9-20-47(52)48-21-10-12-24-53(48)58/h1-36H. The highest BCUT2D eigenvalue weighted by Gasteiger charge is 2.21. The second-order valence-electron chi connectivity index (χ2n) is 15.3. The van der Waals surface area contributed by atoms with Gasteiger partial charge >= 0.3 is 0 Å². The first kappa shape index (κ1) is 33.3. The van der Waals surface area contributed by atoms with Crippen molar-refractivity contribution >= 4 is 82.4 Å². The zero-order chi connectivity index (χ0) is 38.9. The van der Waals surface area contributed by atoms with E-state index in [1.165, 1.54) is 54.6 Å². The fourth-order valence-corrected chi connectivity index (χ4v) is 9.25. The monoisotopic (exact) mass is 752 g/mol. The fraction of sp³-hybridized carbons (Fsp3) is 0. The summed E-state index contributed by atoms with van der Waals surface area (Å²) in [6, 6.07) is 78.6. The third kappa shape index (κ3) is 5.36. The van der Waals surface area contributed by atoms with Gasteiger partial charge in [-0.3, -0.25) is 0 Å². The maximum Gasteiger partial charge on any atom is 0.159 e. The quantitative estimate of drug-likeness (QED) is 0.158. The fourth-order valence-electron chi connectivity index (χ4n) is 9.25. The highest BCUT2D eigenvalue weighted by molar-refractivity contribution is 6.13. The van der Waals surface area contributed by atoms with Crippen LogP contribution < -0.4 is 4.90 Å². The van der Waals surface area contributed by atoms with Gasteiger partial charge in [-0.15, -0.1) is 0 Å². The molecule has 276 valence electrons. The molecule has 0 bridgehead atoms. The molecule has 0 spiro atoms. The Hall–Kier alpha value is -7.88. The highest BCUT2D eigenvalue weighted by atomic mass is 16.3. The van der Waals surface area contributed by atoms with E-state index in [1.807, 2.05) is 0 Å². The van der Waals surface area contributed by atoms with E-state index in [9.17, 15) is 0 Å². The Morgan fingerprint density at radius 3 is 1.63 bits per heavy atom. The second kappa shape index (κ2) is 13.4. The summed E-state index contributed by atoms with van der Waals surface area (Å²) in [4.78, 5) is 2.37. The third-order valence-electron chi connectivity index (χ3n) is 12.0. The maximum absolute atomic E-state index is 7.01. The minimum absolute atomic E-state index is 0.840. The van der Waals surface area contributed by atoms with E-state index in [4.69, 9.17) is 4.42 Å². The molecule has 0 aliphatic rings. The number of aromatic nitrogens is 1. The molecule has 3 nitrogen and oxygen atoms in total. The molecule has 2 heterocycles. The molecule has 0 saturated heterocycles. The smallest absolute Gasteiger partial charge is 0.159 e. The Kier molecular flexibility index (Phi) is 7.54. The van der Waals surface area contributed by atoms with Crippen LogP contribution >= 0.6 is 0 Å². The summed E-state index contributed by atoms with van der Waals surface area (Å²) in [5, 5.41) is 9.55. The van der Waals surface area contributed by atoms with Gasteiger partial charge in [0, 0.05) is 44.7 Å². The van der Waals surface area contributed by atoms with Crippen molar-refractivity contribution in [3.05, 3.63) is 218 Å². The van der Waals surface area contributed by atoms with E-state index in [0.29, 0.717) is 0 Å². The van der Waals surface area contributed by atoms with Crippen molar-refractivity contribution < 1.29 is 4.42 Å². The molecule has 0 saturated carbocycles. The third-order valence-corrected chi connectivity index (χ3v) is 12.0. The molecule has 0 aliphatic heterocycles. The molecule has 3 heteroatoms. The van der Waals surface area contributed by atoms with E-state index in [-0.39, 0.29) is 0 Å². The van der Waals surface area contributed by atoms with E-state index in [0.717, 1.165) is 55.7 Å². The zero-order valence-electron chi connectivity index (χ0n) is 32.1. The van der Waals surface area contributed by atoms with Gasteiger partial charge in [0.1, 0.15) is 5.58 Å². The van der Waals surface area contributed by atoms with Crippen molar-refractivity contribution in [2.45, 2.75) is 0 Å². The van der Waals surface area contributed by atoms with Crippen LogP contribution in [-0.2, 0) is 0 Å². The molecule has 0 aliphatic carbocycles. The van der Waals surface area contributed by atoms with Crippen molar-refractivity contribution in [1.29, 1.82) is 0 Å². The number of benzene rings is 10. The number of para-hydroxylation sites is 3. The summed E-state index contributed by atoms with van der Waals surface area (Å²) in [5.74, 6) is 0. The maximum atomic E-state index is 7.01. The number of anilines is 3. The lowest BCUT2D eigenvalue weighted by atomic mass is 9.93. The molecule has 0 unspecified atom stereocenters. The first-order valence-corrected chi connectivity index (χ1v) is 20.2. The van der Waals surface area contributed by atoms with Gasteiger partial charge in [0.25, 0.3) is 0 Å². The molecular weight excluding hydrogens is 717 g/mol. The van der Waals surface area contributed by atoms with Gasteiger partial charge in [-0.05, 0) is 98.4 Å². The van der Waals surface area contributed by atoms with Gasteiger partial charge in [0.2, 0.25) is 0 Å². The summed E-state index contributed by atoms with van der Waals surface area (Å²) in [7, 11) is 0. The van der Waals surface area contributed by atoms with Crippen molar-refractivity contribution in [2.24, 2.45) is 0 Å². The predicted octanol–water partition coefficient (Wildman–Crippen LogP) is 15.8. The van der Waals surface area contributed by atoms with Crippen molar-refractivity contribution in [3.8, 4) is 27.9 Å². The van der Waals surface area contributed by atoms with Crippen LogP contribution in [0.5, 0.6) is 0 Å². The van der Waals surface area contributed by atoms with Crippen LogP contribution in [0.4, 0.5) is 17.1 Å². The van der Waals surface area contributed by atoms with Crippen LogP contribution in [0.25, 0.3) is 93.2 Å². The molecule has 59 heavy (non-hydrogen) atoms. The number of hydrogen-bond donors (Lipinski definition) is 0. The van der Waals surface area contributed by atoms with Crippen molar-refractivity contribution in [3.63, 3.8) is 0 Å². The molecule has 0 radical (unpaired) electrons. The van der Waals surface area contributed by atoms with E-state index >= 15 is 0 Å². The van der Waals surface area contributed by atoms with Crippen molar-refractivity contribution in [1.82, 2.24) is 4.57 Å². The van der Waals surface area contributed by atoms with Crippen LogP contribution in [-0.4, -0.2) is 4.57 Å².